The summed E-state index contributed by atoms with van der Waals surface area (Å²) in [4.78, 5) is 26.4. The monoisotopic (exact) mass is 366 g/mol. The summed E-state index contributed by atoms with van der Waals surface area (Å²) in [6, 6.07) is 11.9. The summed E-state index contributed by atoms with van der Waals surface area (Å²) in [6.07, 6.45) is 3.96. The Morgan fingerprint density at radius 1 is 1.00 bits per heavy atom. The van der Waals surface area contributed by atoms with Gasteiger partial charge in [0.05, 0.1) is 12.5 Å². The Morgan fingerprint density at radius 3 is 2.41 bits per heavy atom. The second-order valence-electron chi connectivity index (χ2n) is 8.36. The van der Waals surface area contributed by atoms with Crippen LogP contribution in [0, 0.1) is 10.8 Å². The number of cyclic esters (lactones) is 1. The van der Waals surface area contributed by atoms with E-state index in [0.29, 0.717) is 5.75 Å². The highest BCUT2D eigenvalue weighted by Gasteiger charge is 2.60. The number of hydrogen-bond acceptors (Lipinski definition) is 4. The van der Waals surface area contributed by atoms with Crippen molar-refractivity contribution in [1.29, 1.82) is 0 Å². The van der Waals surface area contributed by atoms with Gasteiger partial charge in [0.1, 0.15) is 17.3 Å². The Morgan fingerprint density at radius 2 is 1.70 bits per heavy atom. The standard InChI is InChI=1S/C23H26O4/c1-22(2)20(24)23(13-7-4-8-14-23)19(27-21(22)25)18-16-10-6-5-9-15(16)11-12-17(18)26-3/h5-6,9-12,19H,4,7-8,13-14H2,1-3H3/t19-/m1/s1. The molecule has 4 heteroatoms. The minimum absolute atomic E-state index is 0.0194. The van der Waals surface area contributed by atoms with Gasteiger partial charge in [0.25, 0.3) is 0 Å². The van der Waals surface area contributed by atoms with Crippen LogP contribution >= 0.6 is 0 Å². The summed E-state index contributed by atoms with van der Waals surface area (Å²) in [6.45, 7) is 3.40. The Labute approximate surface area is 159 Å². The molecule has 0 aromatic heterocycles. The number of benzene rings is 2. The number of methoxy groups -OCH3 is 1. The number of ether oxygens (including phenoxy) is 2. The smallest absolute Gasteiger partial charge is 0.319 e. The van der Waals surface area contributed by atoms with E-state index < -0.39 is 22.9 Å². The lowest BCUT2D eigenvalue weighted by Crippen LogP contribution is -2.55. The summed E-state index contributed by atoms with van der Waals surface area (Å²) in [5.74, 6) is 0.249. The van der Waals surface area contributed by atoms with Crippen LogP contribution in [-0.4, -0.2) is 18.9 Å². The van der Waals surface area contributed by atoms with Gasteiger partial charge in [-0.05, 0) is 43.5 Å². The van der Waals surface area contributed by atoms with Gasteiger partial charge >= 0.3 is 5.97 Å². The van der Waals surface area contributed by atoms with Crippen LogP contribution in [0.2, 0.25) is 0 Å². The topological polar surface area (TPSA) is 52.6 Å². The molecule has 4 rings (SSSR count). The average molecular weight is 366 g/mol. The van der Waals surface area contributed by atoms with Crippen molar-refractivity contribution < 1.29 is 19.1 Å². The van der Waals surface area contributed by atoms with Gasteiger partial charge in [-0.25, -0.2) is 0 Å². The summed E-state index contributed by atoms with van der Waals surface area (Å²) in [7, 11) is 1.62. The van der Waals surface area contributed by atoms with E-state index >= 15 is 0 Å². The molecule has 1 aliphatic carbocycles. The lowest BCUT2D eigenvalue weighted by molar-refractivity contribution is -0.192. The maximum atomic E-state index is 13.6. The fourth-order valence-electron chi connectivity index (χ4n) is 4.93. The second kappa shape index (κ2) is 6.36. The molecule has 1 saturated heterocycles. The molecular formula is C23H26O4. The van der Waals surface area contributed by atoms with Crippen LogP contribution in [0.3, 0.4) is 0 Å². The minimum atomic E-state index is -1.11. The SMILES string of the molecule is COc1ccc2ccccc2c1[C@H]1OC(=O)C(C)(C)C(=O)C12CCCCC2. The van der Waals surface area contributed by atoms with E-state index in [1.807, 2.05) is 36.4 Å². The maximum Gasteiger partial charge on any atom is 0.319 e. The van der Waals surface area contributed by atoms with Crippen molar-refractivity contribution in [2.75, 3.05) is 7.11 Å². The van der Waals surface area contributed by atoms with Crippen molar-refractivity contribution in [1.82, 2.24) is 0 Å². The third kappa shape index (κ3) is 2.57. The number of fused-ring (bicyclic) bond motifs is 1. The lowest BCUT2D eigenvalue weighted by Gasteiger charge is -2.49. The molecule has 1 heterocycles. The molecule has 27 heavy (non-hydrogen) atoms. The molecule has 1 spiro atoms. The van der Waals surface area contributed by atoms with Crippen LogP contribution in [0.25, 0.3) is 10.8 Å². The lowest BCUT2D eigenvalue weighted by atomic mass is 9.58. The highest BCUT2D eigenvalue weighted by molar-refractivity contribution is 6.08. The van der Waals surface area contributed by atoms with Crippen LogP contribution in [0.1, 0.15) is 57.6 Å². The number of carbonyl (C=O) groups is 2. The largest absolute Gasteiger partial charge is 0.496 e. The fourth-order valence-corrected chi connectivity index (χ4v) is 4.93. The number of ketones is 1. The summed E-state index contributed by atoms with van der Waals surface area (Å²) in [5, 5.41) is 2.03. The van der Waals surface area contributed by atoms with Crippen molar-refractivity contribution in [2.24, 2.45) is 10.8 Å². The van der Waals surface area contributed by atoms with Gasteiger partial charge in [-0.3, -0.25) is 9.59 Å². The predicted molar refractivity (Wildman–Crippen MR) is 104 cm³/mol. The van der Waals surface area contributed by atoms with Crippen molar-refractivity contribution in [3.05, 3.63) is 42.0 Å². The molecule has 142 valence electrons. The van der Waals surface area contributed by atoms with Crippen molar-refractivity contribution >= 4 is 22.5 Å². The molecule has 1 aliphatic heterocycles. The number of rotatable bonds is 2. The van der Waals surface area contributed by atoms with Crippen LogP contribution < -0.4 is 4.74 Å². The average Bonchev–Trinajstić information content (AvgIpc) is 2.70. The van der Waals surface area contributed by atoms with Crippen LogP contribution in [0.4, 0.5) is 0 Å². The van der Waals surface area contributed by atoms with Crippen molar-refractivity contribution in [2.45, 2.75) is 52.1 Å². The first-order chi connectivity index (χ1) is 12.9. The van der Waals surface area contributed by atoms with Crippen LogP contribution in [0.5, 0.6) is 5.75 Å². The molecule has 2 aromatic carbocycles. The van der Waals surface area contributed by atoms with Gasteiger partial charge in [-0.1, -0.05) is 49.6 Å². The predicted octanol–water partition coefficient (Wildman–Crippen LogP) is 4.99. The number of hydrogen-bond donors (Lipinski definition) is 0. The quantitative estimate of drug-likeness (QED) is 0.555. The molecule has 2 fully saturated rings. The van der Waals surface area contributed by atoms with Crippen molar-refractivity contribution in [3.63, 3.8) is 0 Å². The first kappa shape index (κ1) is 18.0. The first-order valence-electron chi connectivity index (χ1n) is 9.73. The summed E-state index contributed by atoms with van der Waals surface area (Å²) >= 11 is 0. The van der Waals surface area contributed by atoms with E-state index in [1.165, 1.54) is 0 Å². The Kier molecular flexibility index (Phi) is 4.25. The zero-order chi connectivity index (χ0) is 19.2. The number of carbonyl (C=O) groups excluding carboxylic acids is 2. The molecule has 0 amide bonds. The van der Waals surface area contributed by atoms with E-state index in [0.717, 1.165) is 48.4 Å². The second-order valence-corrected chi connectivity index (χ2v) is 8.36. The molecule has 0 unspecified atom stereocenters. The molecule has 4 nitrogen and oxygen atoms in total. The third-order valence-corrected chi connectivity index (χ3v) is 6.42. The van der Waals surface area contributed by atoms with E-state index in [9.17, 15) is 9.59 Å². The van der Waals surface area contributed by atoms with E-state index in [2.05, 4.69) is 0 Å². The Bertz CT molecular complexity index is 906. The molecule has 0 radical (unpaired) electrons. The molecule has 0 N–H and O–H groups in total. The highest BCUT2D eigenvalue weighted by atomic mass is 16.6. The first-order valence-corrected chi connectivity index (χ1v) is 9.73. The third-order valence-electron chi connectivity index (χ3n) is 6.42. The number of Topliss-reactive ketones (excluding diaryl/α,β-unsaturated/α-hetero) is 1. The maximum absolute atomic E-state index is 13.6. The van der Waals surface area contributed by atoms with Crippen LogP contribution in [0.15, 0.2) is 36.4 Å². The molecule has 0 bridgehead atoms. The molecule has 2 aromatic rings. The summed E-state index contributed by atoms with van der Waals surface area (Å²) in [5.41, 5.74) is -0.951. The van der Waals surface area contributed by atoms with Gasteiger partial charge in [-0.2, -0.15) is 0 Å². The van der Waals surface area contributed by atoms with Crippen LogP contribution in [-0.2, 0) is 14.3 Å². The van der Waals surface area contributed by atoms with E-state index in [-0.39, 0.29) is 5.78 Å². The van der Waals surface area contributed by atoms with Gasteiger partial charge in [-0.15, -0.1) is 0 Å². The highest BCUT2D eigenvalue weighted by Crippen LogP contribution is 2.57. The summed E-state index contributed by atoms with van der Waals surface area (Å²) < 4.78 is 11.7. The van der Waals surface area contributed by atoms with Gasteiger partial charge in [0.2, 0.25) is 0 Å². The fraction of sp³-hybridized carbons (Fsp3) is 0.478. The van der Waals surface area contributed by atoms with E-state index in [4.69, 9.17) is 9.47 Å². The van der Waals surface area contributed by atoms with Crippen molar-refractivity contribution in [3.8, 4) is 5.75 Å². The van der Waals surface area contributed by atoms with Gasteiger partial charge < -0.3 is 9.47 Å². The molecule has 1 atom stereocenters. The zero-order valence-corrected chi connectivity index (χ0v) is 16.2. The normalized spacial score (nSPS) is 24.0. The van der Waals surface area contributed by atoms with Gasteiger partial charge in [0.15, 0.2) is 5.78 Å². The molecule has 1 saturated carbocycles. The minimum Gasteiger partial charge on any atom is -0.496 e. The molecule has 2 aliphatic rings. The number of esters is 1. The molecular weight excluding hydrogens is 340 g/mol. The van der Waals surface area contributed by atoms with E-state index in [1.54, 1.807) is 21.0 Å². The zero-order valence-electron chi connectivity index (χ0n) is 16.2. The van der Waals surface area contributed by atoms with Gasteiger partial charge in [0, 0.05) is 5.56 Å². The Hall–Kier alpha value is -2.36. The Balaban J connectivity index is 1.98.